The van der Waals surface area contributed by atoms with E-state index in [0.717, 1.165) is 4.90 Å². The number of para-hydroxylation sites is 1. The van der Waals surface area contributed by atoms with E-state index in [-0.39, 0.29) is 25.6 Å². The Morgan fingerprint density at radius 1 is 1.09 bits per heavy atom. The van der Waals surface area contributed by atoms with Crippen LogP contribution >= 0.6 is 0 Å². The van der Waals surface area contributed by atoms with E-state index in [0.29, 0.717) is 28.4 Å². The first-order chi connectivity index (χ1) is 16.8. The summed E-state index contributed by atoms with van der Waals surface area (Å²) in [5.41, 5.74) is 1.46. The smallest absolute Gasteiger partial charge is 0.324 e. The molecule has 3 heterocycles. The summed E-state index contributed by atoms with van der Waals surface area (Å²) < 4.78 is 13.7. The van der Waals surface area contributed by atoms with Gasteiger partial charge in [0, 0.05) is 13.6 Å². The van der Waals surface area contributed by atoms with E-state index in [4.69, 9.17) is 9.47 Å². The Bertz CT molecular complexity index is 1390. The lowest BCUT2D eigenvalue weighted by Crippen LogP contribution is -2.57. The first-order valence-corrected chi connectivity index (χ1v) is 11.0. The number of benzene rings is 2. The van der Waals surface area contributed by atoms with Crippen LogP contribution < -0.4 is 25.7 Å². The summed E-state index contributed by atoms with van der Waals surface area (Å²) in [6.07, 6.45) is 0. The fourth-order valence-electron chi connectivity index (χ4n) is 4.16. The zero-order valence-corrected chi connectivity index (χ0v) is 19.1. The van der Waals surface area contributed by atoms with Crippen LogP contribution in [-0.4, -0.2) is 45.4 Å². The molecule has 0 aliphatic carbocycles. The number of rotatable bonds is 5. The number of anilines is 1. The van der Waals surface area contributed by atoms with Gasteiger partial charge in [-0.05, 0) is 36.8 Å². The lowest BCUT2D eigenvalue weighted by molar-refractivity contribution is -0.139. The highest BCUT2D eigenvalue weighted by atomic mass is 16.7. The fraction of sp³-hybridized carbons (Fsp3) is 0.250. The first-order valence-electron chi connectivity index (χ1n) is 11.0. The number of nitrogens with zero attached hydrogens (tertiary/aromatic N) is 3. The van der Waals surface area contributed by atoms with Gasteiger partial charge >= 0.3 is 6.03 Å². The van der Waals surface area contributed by atoms with Crippen molar-refractivity contribution in [3.8, 4) is 17.2 Å². The highest BCUT2D eigenvalue weighted by molar-refractivity contribution is 6.12. The standard InChI is InChI=1S/C24H23N5O6/c1-14-20(23(32)29(27(14)2)16-6-4-3-5-7-16)26-21(30)17-11-25-24(33)28(22(17)31)12-15-8-9-18-19(10-15)35-13-34-18/h3-10,17H,11-13H2,1-2H3,(H,25,33)(H,26,30). The Morgan fingerprint density at radius 3 is 2.60 bits per heavy atom. The largest absolute Gasteiger partial charge is 0.454 e. The van der Waals surface area contributed by atoms with Gasteiger partial charge in [0.2, 0.25) is 18.6 Å². The molecule has 2 aliphatic heterocycles. The molecular weight excluding hydrogens is 454 g/mol. The predicted octanol–water partition coefficient (Wildman–Crippen LogP) is 1.52. The van der Waals surface area contributed by atoms with Crippen molar-refractivity contribution in [3.63, 3.8) is 0 Å². The summed E-state index contributed by atoms with van der Waals surface area (Å²) in [7, 11) is 1.71. The Labute approximate surface area is 199 Å². The summed E-state index contributed by atoms with van der Waals surface area (Å²) in [5.74, 6) is -1.40. The van der Waals surface area contributed by atoms with E-state index in [2.05, 4.69) is 10.6 Å². The SMILES string of the molecule is Cc1c(NC(=O)C2CNC(=O)N(Cc3ccc4c(c3)OCO4)C2=O)c(=O)n(-c2ccccc2)n1C. The molecule has 2 aliphatic rings. The van der Waals surface area contributed by atoms with Gasteiger partial charge in [-0.25, -0.2) is 9.48 Å². The maximum Gasteiger partial charge on any atom is 0.324 e. The van der Waals surface area contributed by atoms with Crippen molar-refractivity contribution in [1.82, 2.24) is 19.6 Å². The number of hydrogen-bond donors (Lipinski definition) is 2. The lowest BCUT2D eigenvalue weighted by Gasteiger charge is -2.30. The van der Waals surface area contributed by atoms with Crippen LogP contribution in [0, 0.1) is 12.8 Å². The molecule has 2 aromatic carbocycles. The molecule has 5 rings (SSSR count). The second-order valence-electron chi connectivity index (χ2n) is 8.28. The number of imide groups is 1. The third-order valence-corrected chi connectivity index (χ3v) is 6.16. The van der Waals surface area contributed by atoms with Gasteiger partial charge in [0.05, 0.1) is 17.9 Å². The number of fused-ring (bicyclic) bond motifs is 1. The molecule has 11 nitrogen and oxygen atoms in total. The van der Waals surface area contributed by atoms with E-state index in [1.807, 2.05) is 6.07 Å². The second-order valence-corrected chi connectivity index (χ2v) is 8.28. The minimum Gasteiger partial charge on any atom is -0.454 e. The van der Waals surface area contributed by atoms with Crippen LogP contribution in [0.5, 0.6) is 11.5 Å². The van der Waals surface area contributed by atoms with Crippen molar-refractivity contribution in [2.45, 2.75) is 13.5 Å². The maximum atomic E-state index is 13.1. The molecule has 3 aromatic rings. The number of aromatic nitrogens is 2. The lowest BCUT2D eigenvalue weighted by atomic mass is 10.0. The van der Waals surface area contributed by atoms with Crippen LogP contribution in [0.15, 0.2) is 53.3 Å². The first kappa shape index (κ1) is 22.3. The average molecular weight is 477 g/mol. The fourth-order valence-corrected chi connectivity index (χ4v) is 4.16. The van der Waals surface area contributed by atoms with Crippen molar-refractivity contribution in [2.24, 2.45) is 13.0 Å². The van der Waals surface area contributed by atoms with E-state index in [1.54, 1.807) is 61.1 Å². The van der Waals surface area contributed by atoms with Gasteiger partial charge in [-0.15, -0.1) is 0 Å². The molecule has 0 saturated carbocycles. The molecule has 180 valence electrons. The number of hydrogen-bond acceptors (Lipinski definition) is 6. The van der Waals surface area contributed by atoms with Crippen LogP contribution in [0.25, 0.3) is 5.69 Å². The quantitative estimate of drug-likeness (QED) is 0.537. The van der Waals surface area contributed by atoms with Gasteiger partial charge in [0.1, 0.15) is 11.6 Å². The van der Waals surface area contributed by atoms with Crippen LogP contribution in [0.2, 0.25) is 0 Å². The minimum atomic E-state index is -1.19. The maximum absolute atomic E-state index is 13.1. The molecule has 1 saturated heterocycles. The summed E-state index contributed by atoms with van der Waals surface area (Å²) >= 11 is 0. The Balaban J connectivity index is 1.36. The van der Waals surface area contributed by atoms with Gasteiger partial charge < -0.3 is 20.1 Å². The van der Waals surface area contributed by atoms with Gasteiger partial charge in [-0.3, -0.25) is 24.0 Å². The predicted molar refractivity (Wildman–Crippen MR) is 124 cm³/mol. The van der Waals surface area contributed by atoms with E-state index in [1.165, 1.54) is 4.68 Å². The van der Waals surface area contributed by atoms with E-state index >= 15 is 0 Å². The highest BCUT2D eigenvalue weighted by Gasteiger charge is 2.39. The minimum absolute atomic E-state index is 0.0454. The van der Waals surface area contributed by atoms with E-state index < -0.39 is 29.3 Å². The van der Waals surface area contributed by atoms with Crippen molar-refractivity contribution in [1.29, 1.82) is 0 Å². The normalized spacial score (nSPS) is 16.9. The number of ether oxygens (including phenoxy) is 2. The summed E-state index contributed by atoms with van der Waals surface area (Å²) in [6.45, 7) is 1.60. The average Bonchev–Trinajstić information content (AvgIpc) is 3.40. The second kappa shape index (κ2) is 8.67. The number of nitrogens with one attached hydrogen (secondary N) is 2. The molecule has 35 heavy (non-hydrogen) atoms. The van der Waals surface area contributed by atoms with Gasteiger partial charge in [-0.2, -0.15) is 0 Å². The molecule has 0 spiro atoms. The number of carbonyl (C=O) groups excluding carboxylic acids is 3. The van der Waals surface area contributed by atoms with Crippen LogP contribution in [0.4, 0.5) is 10.5 Å². The molecule has 1 fully saturated rings. The molecule has 0 radical (unpaired) electrons. The topological polar surface area (TPSA) is 124 Å². The highest BCUT2D eigenvalue weighted by Crippen LogP contribution is 2.33. The zero-order valence-electron chi connectivity index (χ0n) is 19.1. The molecule has 1 aromatic heterocycles. The summed E-state index contributed by atoms with van der Waals surface area (Å²) in [5, 5.41) is 5.20. The Kier molecular flexibility index (Phi) is 5.51. The number of carbonyl (C=O) groups is 3. The summed E-state index contributed by atoms with van der Waals surface area (Å²) in [6, 6.07) is 13.5. The summed E-state index contributed by atoms with van der Waals surface area (Å²) in [4.78, 5) is 52.7. The molecule has 4 amide bonds. The van der Waals surface area contributed by atoms with Crippen molar-refractivity contribution < 1.29 is 23.9 Å². The van der Waals surface area contributed by atoms with E-state index in [9.17, 15) is 19.2 Å². The van der Waals surface area contributed by atoms with Crippen molar-refractivity contribution >= 4 is 23.5 Å². The van der Waals surface area contributed by atoms with Crippen LogP contribution in [0.3, 0.4) is 0 Å². The van der Waals surface area contributed by atoms with Crippen molar-refractivity contribution in [3.05, 3.63) is 70.1 Å². The van der Waals surface area contributed by atoms with Gasteiger partial charge in [0.25, 0.3) is 5.56 Å². The molecular formula is C24H23N5O6. The monoisotopic (exact) mass is 477 g/mol. The zero-order chi connectivity index (χ0) is 24.7. The third kappa shape index (κ3) is 3.90. The molecule has 1 atom stereocenters. The molecule has 1 unspecified atom stereocenters. The van der Waals surface area contributed by atoms with Gasteiger partial charge in [-0.1, -0.05) is 24.3 Å². The van der Waals surface area contributed by atoms with Crippen LogP contribution in [-0.2, 0) is 23.2 Å². The third-order valence-electron chi connectivity index (χ3n) is 6.16. The Hall–Kier alpha value is -4.54. The number of amides is 4. The number of urea groups is 1. The van der Waals surface area contributed by atoms with Crippen molar-refractivity contribution in [2.75, 3.05) is 18.7 Å². The Morgan fingerprint density at radius 2 is 1.83 bits per heavy atom. The molecule has 2 N–H and O–H groups in total. The van der Waals surface area contributed by atoms with Crippen LogP contribution in [0.1, 0.15) is 11.3 Å². The van der Waals surface area contributed by atoms with Gasteiger partial charge in [0.15, 0.2) is 11.5 Å². The molecule has 0 bridgehead atoms. The molecule has 11 heteroatoms.